The van der Waals surface area contributed by atoms with Gasteiger partial charge in [-0.1, -0.05) is 20.8 Å². The summed E-state index contributed by atoms with van der Waals surface area (Å²) in [5.74, 6) is 0.796. The molecule has 3 saturated carbocycles. The molecule has 2 bridgehead atoms. The zero-order chi connectivity index (χ0) is 24.5. The molecule has 0 saturated heterocycles. The van der Waals surface area contributed by atoms with Gasteiger partial charge < -0.3 is 18.9 Å². The Bertz CT molecular complexity index is 1020. The van der Waals surface area contributed by atoms with Crippen molar-refractivity contribution >= 4 is 11.9 Å². The zero-order valence-electron chi connectivity index (χ0n) is 20.6. The number of fused-ring (bicyclic) bond motifs is 3. The maximum Gasteiger partial charge on any atom is 0.338 e. The third-order valence-corrected chi connectivity index (χ3v) is 8.12. The van der Waals surface area contributed by atoms with E-state index in [-0.39, 0.29) is 16.7 Å². The standard InChI is InChI=1S/C28H34O6/c1-18(2)28-16-14-27(3,15-17-28)23(33-25(29)19-6-10-21(31-4)11-7-19)24(28)34-26(30)20-8-12-22(32-5)13-9-20/h6-13,18,23-24H,14-17H2,1-5H3. The van der Waals surface area contributed by atoms with Gasteiger partial charge in [0.2, 0.25) is 0 Å². The molecule has 0 amide bonds. The minimum Gasteiger partial charge on any atom is -0.497 e. The molecule has 182 valence electrons. The number of carbonyl (C=O) groups is 2. The molecule has 6 nitrogen and oxygen atoms in total. The van der Waals surface area contributed by atoms with Crippen molar-refractivity contribution in [1.82, 2.24) is 0 Å². The normalized spacial score (nSPS) is 27.8. The van der Waals surface area contributed by atoms with Gasteiger partial charge in [0.05, 0.1) is 25.3 Å². The van der Waals surface area contributed by atoms with Gasteiger partial charge in [0.1, 0.15) is 23.7 Å². The van der Waals surface area contributed by atoms with Gasteiger partial charge >= 0.3 is 11.9 Å². The van der Waals surface area contributed by atoms with E-state index in [9.17, 15) is 9.59 Å². The summed E-state index contributed by atoms with van der Waals surface area (Å²) in [5.41, 5.74) is 0.421. The van der Waals surface area contributed by atoms with Crippen molar-refractivity contribution in [2.24, 2.45) is 16.7 Å². The summed E-state index contributed by atoms with van der Waals surface area (Å²) in [6.45, 7) is 6.49. The summed E-state index contributed by atoms with van der Waals surface area (Å²) >= 11 is 0. The molecule has 0 N–H and O–H groups in total. The minimum absolute atomic E-state index is 0.231. The summed E-state index contributed by atoms with van der Waals surface area (Å²) in [6, 6.07) is 13.7. The van der Waals surface area contributed by atoms with E-state index in [1.807, 2.05) is 0 Å². The maximum atomic E-state index is 13.2. The number of benzene rings is 2. The van der Waals surface area contributed by atoms with Crippen LogP contribution >= 0.6 is 0 Å². The molecule has 3 fully saturated rings. The Morgan fingerprint density at radius 2 is 1.15 bits per heavy atom. The molecule has 2 aromatic carbocycles. The molecule has 2 atom stereocenters. The van der Waals surface area contributed by atoms with Crippen molar-refractivity contribution < 1.29 is 28.5 Å². The van der Waals surface area contributed by atoms with Gasteiger partial charge in [-0.05, 0) is 80.1 Å². The van der Waals surface area contributed by atoms with Crippen LogP contribution < -0.4 is 9.47 Å². The second kappa shape index (κ2) is 9.32. The van der Waals surface area contributed by atoms with E-state index in [4.69, 9.17) is 18.9 Å². The molecule has 0 spiro atoms. The fraction of sp³-hybridized carbons (Fsp3) is 0.500. The average molecular weight is 467 g/mol. The highest BCUT2D eigenvalue weighted by Crippen LogP contribution is 2.61. The summed E-state index contributed by atoms with van der Waals surface area (Å²) in [6.07, 6.45) is 2.72. The molecule has 0 aliphatic heterocycles. The van der Waals surface area contributed by atoms with E-state index in [2.05, 4.69) is 20.8 Å². The quantitative estimate of drug-likeness (QED) is 0.488. The predicted molar refractivity (Wildman–Crippen MR) is 128 cm³/mol. The summed E-state index contributed by atoms with van der Waals surface area (Å²) < 4.78 is 22.8. The fourth-order valence-corrected chi connectivity index (χ4v) is 5.63. The SMILES string of the molecule is COc1ccc(C(=O)OC2C(OC(=O)c3ccc(OC)cc3)C3(C(C)C)CCC2(C)CC3)cc1. The van der Waals surface area contributed by atoms with Gasteiger partial charge in [-0.2, -0.15) is 0 Å². The first kappa shape index (κ1) is 24.1. The molecule has 2 aromatic rings. The Morgan fingerprint density at radius 1 is 0.735 bits per heavy atom. The molecular formula is C28H34O6. The van der Waals surface area contributed by atoms with E-state index in [0.717, 1.165) is 25.7 Å². The van der Waals surface area contributed by atoms with Gasteiger partial charge in [0.15, 0.2) is 0 Å². The third-order valence-electron chi connectivity index (χ3n) is 8.12. The summed E-state index contributed by atoms with van der Waals surface area (Å²) in [4.78, 5) is 26.4. The van der Waals surface area contributed by atoms with Gasteiger partial charge in [-0.25, -0.2) is 9.59 Å². The Balaban J connectivity index is 1.63. The van der Waals surface area contributed by atoms with E-state index < -0.39 is 24.1 Å². The maximum absolute atomic E-state index is 13.2. The molecule has 5 rings (SSSR count). The Labute approximate surface area is 201 Å². The number of rotatable bonds is 7. The number of carbonyl (C=O) groups excluding carboxylic acids is 2. The second-order valence-electron chi connectivity index (χ2n) is 10.2. The zero-order valence-corrected chi connectivity index (χ0v) is 20.6. The highest BCUT2D eigenvalue weighted by atomic mass is 16.6. The third kappa shape index (κ3) is 4.26. The van der Waals surface area contributed by atoms with Crippen LogP contribution in [0.15, 0.2) is 48.5 Å². The van der Waals surface area contributed by atoms with Crippen LogP contribution in [0.25, 0.3) is 0 Å². The number of hydrogen-bond acceptors (Lipinski definition) is 6. The Kier molecular flexibility index (Phi) is 6.61. The molecule has 0 aromatic heterocycles. The van der Waals surface area contributed by atoms with Crippen molar-refractivity contribution in [3.05, 3.63) is 59.7 Å². The van der Waals surface area contributed by atoms with E-state index >= 15 is 0 Å². The molecule has 0 heterocycles. The molecule has 3 aliphatic rings. The molecule has 3 aliphatic carbocycles. The minimum atomic E-state index is -0.519. The van der Waals surface area contributed by atoms with E-state index in [1.165, 1.54) is 0 Å². The van der Waals surface area contributed by atoms with Crippen molar-refractivity contribution in [3.8, 4) is 11.5 Å². The first-order valence-corrected chi connectivity index (χ1v) is 11.9. The second-order valence-corrected chi connectivity index (χ2v) is 10.2. The average Bonchev–Trinajstić information content (AvgIpc) is 2.86. The van der Waals surface area contributed by atoms with Crippen LogP contribution in [0.1, 0.15) is 67.2 Å². The van der Waals surface area contributed by atoms with Crippen LogP contribution in [0.5, 0.6) is 11.5 Å². The fourth-order valence-electron chi connectivity index (χ4n) is 5.63. The first-order valence-electron chi connectivity index (χ1n) is 11.9. The monoisotopic (exact) mass is 466 g/mol. The van der Waals surface area contributed by atoms with Crippen LogP contribution in [0, 0.1) is 16.7 Å². The molecule has 6 heteroatoms. The van der Waals surface area contributed by atoms with Crippen molar-refractivity contribution in [1.29, 1.82) is 0 Å². The molecular weight excluding hydrogens is 432 g/mol. The molecule has 0 radical (unpaired) electrons. The highest BCUT2D eigenvalue weighted by Gasteiger charge is 2.63. The van der Waals surface area contributed by atoms with Crippen LogP contribution in [0.4, 0.5) is 0 Å². The van der Waals surface area contributed by atoms with Gasteiger partial charge in [-0.15, -0.1) is 0 Å². The Hall–Kier alpha value is -3.02. The smallest absolute Gasteiger partial charge is 0.338 e. The largest absolute Gasteiger partial charge is 0.497 e. The predicted octanol–water partition coefficient (Wildman–Crippen LogP) is 5.69. The molecule has 34 heavy (non-hydrogen) atoms. The highest BCUT2D eigenvalue weighted by molar-refractivity contribution is 5.90. The van der Waals surface area contributed by atoms with Gasteiger partial charge in [0, 0.05) is 10.8 Å². The van der Waals surface area contributed by atoms with Crippen molar-refractivity contribution in [3.63, 3.8) is 0 Å². The lowest BCUT2D eigenvalue weighted by Crippen LogP contribution is -2.64. The van der Waals surface area contributed by atoms with E-state index in [0.29, 0.717) is 22.6 Å². The van der Waals surface area contributed by atoms with E-state index in [1.54, 1.807) is 62.8 Å². The number of ether oxygens (including phenoxy) is 4. The van der Waals surface area contributed by atoms with Crippen molar-refractivity contribution in [2.75, 3.05) is 14.2 Å². The lowest BCUT2D eigenvalue weighted by molar-refractivity contribution is -0.210. The topological polar surface area (TPSA) is 71.1 Å². The van der Waals surface area contributed by atoms with Crippen LogP contribution in [-0.2, 0) is 9.47 Å². The van der Waals surface area contributed by atoms with Crippen LogP contribution in [-0.4, -0.2) is 38.4 Å². The Morgan fingerprint density at radius 3 is 1.53 bits per heavy atom. The van der Waals surface area contributed by atoms with Crippen LogP contribution in [0.2, 0.25) is 0 Å². The van der Waals surface area contributed by atoms with Gasteiger partial charge in [-0.3, -0.25) is 0 Å². The summed E-state index contributed by atoms with van der Waals surface area (Å²) in [7, 11) is 3.17. The number of esters is 2. The van der Waals surface area contributed by atoms with Gasteiger partial charge in [0.25, 0.3) is 0 Å². The summed E-state index contributed by atoms with van der Waals surface area (Å²) in [5, 5.41) is 0. The first-order chi connectivity index (χ1) is 16.2. The lowest BCUT2D eigenvalue weighted by Gasteiger charge is -2.61. The molecule has 2 unspecified atom stereocenters. The number of methoxy groups -OCH3 is 2. The van der Waals surface area contributed by atoms with Crippen LogP contribution in [0.3, 0.4) is 0 Å². The lowest BCUT2D eigenvalue weighted by atomic mass is 9.48. The van der Waals surface area contributed by atoms with Crippen molar-refractivity contribution in [2.45, 2.75) is 58.7 Å². The number of hydrogen-bond donors (Lipinski definition) is 0.